The van der Waals surface area contributed by atoms with Crippen LogP contribution in [0.4, 0.5) is 10.5 Å². The number of imide groups is 2. The summed E-state index contributed by atoms with van der Waals surface area (Å²) in [5.41, 5.74) is 1.71. The van der Waals surface area contributed by atoms with E-state index < -0.39 is 17.8 Å². The smallest absolute Gasteiger partial charge is 0.335 e. The predicted octanol–water partition coefficient (Wildman–Crippen LogP) is 3.31. The molecule has 1 aliphatic rings. The van der Waals surface area contributed by atoms with Crippen LogP contribution in [0.5, 0.6) is 0 Å². The number of anilines is 1. The van der Waals surface area contributed by atoms with E-state index in [-0.39, 0.29) is 16.3 Å². The molecular formula is C17H13Cl2N3O3. The molecule has 1 aliphatic heterocycles. The van der Waals surface area contributed by atoms with Crippen molar-refractivity contribution in [2.24, 2.45) is 7.05 Å². The molecule has 0 atom stereocenters. The number of benzene rings is 1. The van der Waals surface area contributed by atoms with Crippen LogP contribution in [0.15, 0.2) is 35.9 Å². The molecule has 6 nitrogen and oxygen atoms in total. The van der Waals surface area contributed by atoms with E-state index in [1.807, 2.05) is 24.6 Å². The van der Waals surface area contributed by atoms with Crippen molar-refractivity contribution in [1.29, 1.82) is 0 Å². The molecule has 128 valence electrons. The standard InChI is InChI=1S/C17H13Cl2N3O3/c1-9-3-4-10(21(9)2)7-12-15(23)20-17(25)22(16(12)24)11-5-6-13(18)14(19)8-11/h3-8H,1-2H3,(H,20,23,25)/b12-7+. The first-order chi connectivity index (χ1) is 11.8. The highest BCUT2D eigenvalue weighted by Crippen LogP contribution is 2.29. The molecule has 1 N–H and O–H groups in total. The number of aromatic nitrogens is 1. The van der Waals surface area contributed by atoms with Crippen LogP contribution in [0.2, 0.25) is 10.0 Å². The van der Waals surface area contributed by atoms with Crippen molar-refractivity contribution in [3.8, 4) is 0 Å². The second kappa shape index (κ2) is 6.38. The number of halogens is 2. The topological polar surface area (TPSA) is 71.4 Å². The lowest BCUT2D eigenvalue weighted by molar-refractivity contribution is -0.122. The minimum Gasteiger partial charge on any atom is -0.348 e. The number of nitrogens with one attached hydrogen (secondary N) is 1. The second-order valence-corrected chi connectivity index (χ2v) is 6.33. The Morgan fingerprint density at radius 3 is 2.36 bits per heavy atom. The van der Waals surface area contributed by atoms with Gasteiger partial charge in [-0.15, -0.1) is 0 Å². The van der Waals surface area contributed by atoms with E-state index in [0.29, 0.717) is 10.7 Å². The van der Waals surface area contributed by atoms with Crippen molar-refractivity contribution in [2.45, 2.75) is 6.92 Å². The molecule has 1 aromatic heterocycles. The number of carbonyl (C=O) groups is 3. The maximum absolute atomic E-state index is 12.8. The molecule has 1 aromatic carbocycles. The number of amides is 4. The average Bonchev–Trinajstić information content (AvgIpc) is 2.86. The van der Waals surface area contributed by atoms with Gasteiger partial charge in [0.05, 0.1) is 15.7 Å². The van der Waals surface area contributed by atoms with Gasteiger partial charge in [0.1, 0.15) is 5.57 Å². The number of carbonyl (C=O) groups excluding carboxylic acids is 3. The molecule has 4 amide bonds. The summed E-state index contributed by atoms with van der Waals surface area (Å²) in [6.07, 6.45) is 1.45. The number of aryl methyl sites for hydroxylation is 1. The van der Waals surface area contributed by atoms with E-state index >= 15 is 0 Å². The number of barbiturate groups is 1. The number of hydrogen-bond acceptors (Lipinski definition) is 3. The van der Waals surface area contributed by atoms with E-state index in [0.717, 1.165) is 10.6 Å². The molecule has 0 saturated carbocycles. The molecule has 2 heterocycles. The summed E-state index contributed by atoms with van der Waals surface area (Å²) in [6.45, 7) is 1.90. The lowest BCUT2D eigenvalue weighted by atomic mass is 10.1. The molecule has 3 rings (SSSR count). The Bertz CT molecular complexity index is 947. The Morgan fingerprint density at radius 1 is 1.04 bits per heavy atom. The summed E-state index contributed by atoms with van der Waals surface area (Å²) in [4.78, 5) is 37.9. The molecule has 2 aromatic rings. The lowest BCUT2D eigenvalue weighted by Gasteiger charge is -2.26. The molecule has 0 bridgehead atoms. The van der Waals surface area contributed by atoms with Crippen LogP contribution >= 0.6 is 23.2 Å². The summed E-state index contributed by atoms with van der Waals surface area (Å²) >= 11 is 11.8. The first-order valence-electron chi connectivity index (χ1n) is 7.28. The zero-order valence-corrected chi connectivity index (χ0v) is 14.9. The maximum Gasteiger partial charge on any atom is 0.335 e. The van der Waals surface area contributed by atoms with Crippen molar-refractivity contribution in [3.63, 3.8) is 0 Å². The van der Waals surface area contributed by atoms with E-state index in [1.54, 1.807) is 6.07 Å². The van der Waals surface area contributed by atoms with Gasteiger partial charge in [-0.05, 0) is 43.3 Å². The van der Waals surface area contributed by atoms with Crippen LogP contribution in [-0.4, -0.2) is 22.4 Å². The average molecular weight is 378 g/mol. The van der Waals surface area contributed by atoms with Gasteiger partial charge in [-0.1, -0.05) is 23.2 Å². The summed E-state index contributed by atoms with van der Waals surface area (Å²) in [5, 5.41) is 2.65. The van der Waals surface area contributed by atoms with Crippen molar-refractivity contribution in [1.82, 2.24) is 9.88 Å². The first-order valence-corrected chi connectivity index (χ1v) is 8.04. The van der Waals surface area contributed by atoms with E-state index in [2.05, 4.69) is 5.32 Å². The van der Waals surface area contributed by atoms with Gasteiger partial charge in [0, 0.05) is 18.4 Å². The number of hydrogen-bond donors (Lipinski definition) is 1. The number of rotatable bonds is 2. The fourth-order valence-corrected chi connectivity index (χ4v) is 2.73. The Kier molecular flexibility index (Phi) is 4.41. The summed E-state index contributed by atoms with van der Waals surface area (Å²) in [5.74, 6) is -1.48. The largest absolute Gasteiger partial charge is 0.348 e. The van der Waals surface area contributed by atoms with Gasteiger partial charge in [0.25, 0.3) is 11.8 Å². The highest BCUT2D eigenvalue weighted by Gasteiger charge is 2.37. The molecule has 25 heavy (non-hydrogen) atoms. The molecule has 8 heteroatoms. The second-order valence-electron chi connectivity index (χ2n) is 5.51. The number of nitrogens with zero attached hydrogens (tertiary/aromatic N) is 2. The van der Waals surface area contributed by atoms with Crippen LogP contribution in [0, 0.1) is 6.92 Å². The van der Waals surface area contributed by atoms with E-state index in [4.69, 9.17) is 23.2 Å². The molecule has 1 fully saturated rings. The van der Waals surface area contributed by atoms with Gasteiger partial charge in [0.2, 0.25) is 0 Å². The van der Waals surface area contributed by atoms with Crippen LogP contribution < -0.4 is 10.2 Å². The van der Waals surface area contributed by atoms with Crippen LogP contribution in [0.1, 0.15) is 11.4 Å². The van der Waals surface area contributed by atoms with E-state index in [1.165, 1.54) is 24.3 Å². The molecule has 0 spiro atoms. The Hall–Kier alpha value is -2.57. The highest BCUT2D eigenvalue weighted by molar-refractivity contribution is 6.43. The molecule has 0 radical (unpaired) electrons. The van der Waals surface area contributed by atoms with Gasteiger partial charge in [0.15, 0.2) is 0 Å². The zero-order valence-electron chi connectivity index (χ0n) is 13.3. The van der Waals surface area contributed by atoms with Gasteiger partial charge in [-0.25, -0.2) is 9.69 Å². The highest BCUT2D eigenvalue weighted by atomic mass is 35.5. The Morgan fingerprint density at radius 2 is 1.76 bits per heavy atom. The van der Waals surface area contributed by atoms with Crippen LogP contribution in [0.3, 0.4) is 0 Å². The first kappa shape index (κ1) is 17.3. The van der Waals surface area contributed by atoms with Crippen molar-refractivity contribution in [2.75, 3.05) is 4.90 Å². The normalized spacial score (nSPS) is 16.6. The van der Waals surface area contributed by atoms with Crippen LogP contribution in [-0.2, 0) is 16.6 Å². The molecule has 0 aliphatic carbocycles. The number of urea groups is 1. The predicted molar refractivity (Wildman–Crippen MR) is 95.6 cm³/mol. The van der Waals surface area contributed by atoms with Gasteiger partial charge >= 0.3 is 6.03 Å². The third-order valence-electron chi connectivity index (χ3n) is 3.97. The molecular weight excluding hydrogens is 365 g/mol. The SMILES string of the molecule is Cc1ccc(/C=C2\C(=O)NC(=O)N(c3ccc(Cl)c(Cl)c3)C2=O)n1C. The third-order valence-corrected chi connectivity index (χ3v) is 4.71. The maximum atomic E-state index is 12.8. The minimum atomic E-state index is -0.839. The zero-order chi connectivity index (χ0) is 18.3. The van der Waals surface area contributed by atoms with Gasteiger partial charge < -0.3 is 4.57 Å². The van der Waals surface area contributed by atoms with Crippen molar-refractivity contribution in [3.05, 3.63) is 57.3 Å². The molecule has 1 saturated heterocycles. The van der Waals surface area contributed by atoms with Gasteiger partial charge in [-0.2, -0.15) is 0 Å². The van der Waals surface area contributed by atoms with Crippen molar-refractivity contribution >= 4 is 52.8 Å². The van der Waals surface area contributed by atoms with Crippen LogP contribution in [0.25, 0.3) is 6.08 Å². The lowest BCUT2D eigenvalue weighted by Crippen LogP contribution is -2.54. The summed E-state index contributed by atoms with van der Waals surface area (Å²) in [7, 11) is 1.81. The fraction of sp³-hybridized carbons (Fsp3) is 0.118. The third kappa shape index (κ3) is 3.06. The minimum absolute atomic E-state index is 0.146. The Labute approximate surface area is 153 Å². The fourth-order valence-electron chi connectivity index (χ4n) is 2.44. The van der Waals surface area contributed by atoms with Crippen molar-refractivity contribution < 1.29 is 14.4 Å². The molecule has 0 unspecified atom stereocenters. The summed E-state index contributed by atoms with van der Waals surface area (Å²) in [6, 6.07) is 7.14. The summed E-state index contributed by atoms with van der Waals surface area (Å²) < 4.78 is 1.83. The monoisotopic (exact) mass is 377 g/mol. The van der Waals surface area contributed by atoms with E-state index in [9.17, 15) is 14.4 Å². The quantitative estimate of drug-likeness (QED) is 0.644. The van der Waals surface area contributed by atoms with Gasteiger partial charge in [-0.3, -0.25) is 14.9 Å². The Balaban J connectivity index is 2.05.